The smallest absolute Gasteiger partial charge is 0.329 e. The number of hydrogen-bond acceptors (Lipinski definition) is 3. The molecule has 6 heteroatoms. The molecule has 5 nitrogen and oxygen atoms in total. The lowest BCUT2D eigenvalue weighted by Crippen LogP contribution is -2.56. The van der Waals surface area contributed by atoms with E-state index >= 15 is 0 Å². The molecule has 21 heavy (non-hydrogen) atoms. The first-order chi connectivity index (χ1) is 9.84. The molecule has 0 aliphatic heterocycles. The van der Waals surface area contributed by atoms with Gasteiger partial charge in [0, 0.05) is 0 Å². The molecule has 1 atom stereocenters. The maximum Gasteiger partial charge on any atom is 0.329 e. The first-order valence-electron chi connectivity index (χ1n) is 6.82. The summed E-state index contributed by atoms with van der Waals surface area (Å²) in [6, 6.07) is 5.26. The highest BCUT2D eigenvalue weighted by molar-refractivity contribution is 5.89. The predicted octanol–water partition coefficient (Wildman–Crippen LogP) is 2.35. The molecule has 0 radical (unpaired) electrons. The van der Waals surface area contributed by atoms with Gasteiger partial charge in [-0.3, -0.25) is 4.79 Å². The van der Waals surface area contributed by atoms with Gasteiger partial charge in [0.25, 0.3) is 5.91 Å². The van der Waals surface area contributed by atoms with Gasteiger partial charge in [-0.2, -0.15) is 0 Å². The standard InChI is InChI=1S/C15H20FNO4/c1-4-15(5-2,14(19)20)17-13(18)10(3)21-12-8-6-11(16)7-9-12/h6-10H,4-5H2,1-3H3,(H,17,18)(H,19,20). The van der Waals surface area contributed by atoms with Gasteiger partial charge < -0.3 is 15.2 Å². The molecule has 1 unspecified atom stereocenters. The SMILES string of the molecule is CCC(CC)(NC(=O)C(C)Oc1ccc(F)cc1)C(=O)O. The topological polar surface area (TPSA) is 75.6 Å². The summed E-state index contributed by atoms with van der Waals surface area (Å²) in [6.07, 6.45) is -0.339. The lowest BCUT2D eigenvalue weighted by atomic mass is 9.92. The Morgan fingerprint density at radius 1 is 1.29 bits per heavy atom. The third-order valence-corrected chi connectivity index (χ3v) is 3.47. The van der Waals surface area contributed by atoms with Crippen molar-refractivity contribution in [2.45, 2.75) is 45.3 Å². The molecular weight excluding hydrogens is 277 g/mol. The quantitative estimate of drug-likeness (QED) is 0.810. The van der Waals surface area contributed by atoms with Gasteiger partial charge in [0.1, 0.15) is 17.1 Å². The Kier molecular flexibility index (Phi) is 5.69. The molecule has 0 saturated carbocycles. The van der Waals surface area contributed by atoms with E-state index in [-0.39, 0.29) is 12.8 Å². The van der Waals surface area contributed by atoms with Gasteiger partial charge in [0.05, 0.1) is 0 Å². The lowest BCUT2D eigenvalue weighted by molar-refractivity contribution is -0.149. The molecular formula is C15H20FNO4. The highest BCUT2D eigenvalue weighted by Crippen LogP contribution is 2.17. The van der Waals surface area contributed by atoms with E-state index in [2.05, 4.69) is 5.32 Å². The molecule has 116 valence electrons. The summed E-state index contributed by atoms with van der Waals surface area (Å²) in [5.41, 5.74) is -1.29. The molecule has 0 heterocycles. The zero-order valence-corrected chi connectivity index (χ0v) is 12.4. The van der Waals surface area contributed by atoms with Crippen LogP contribution in [0.15, 0.2) is 24.3 Å². The first kappa shape index (κ1) is 16.9. The fourth-order valence-corrected chi connectivity index (χ4v) is 1.89. The number of halogens is 1. The Balaban J connectivity index is 2.73. The third kappa shape index (κ3) is 4.18. The zero-order chi connectivity index (χ0) is 16.0. The summed E-state index contributed by atoms with van der Waals surface area (Å²) in [4.78, 5) is 23.4. The molecule has 1 amide bonds. The van der Waals surface area contributed by atoms with Crippen LogP contribution >= 0.6 is 0 Å². The average Bonchev–Trinajstić information content (AvgIpc) is 2.46. The van der Waals surface area contributed by atoms with Crippen molar-refractivity contribution < 1.29 is 23.8 Å². The van der Waals surface area contributed by atoms with Crippen molar-refractivity contribution in [2.75, 3.05) is 0 Å². The molecule has 1 aromatic carbocycles. The number of carbonyl (C=O) groups is 2. The van der Waals surface area contributed by atoms with Crippen molar-refractivity contribution in [1.29, 1.82) is 0 Å². The van der Waals surface area contributed by atoms with Crippen molar-refractivity contribution in [3.05, 3.63) is 30.1 Å². The Labute approximate surface area is 123 Å². The number of aliphatic carboxylic acids is 1. The van der Waals surface area contributed by atoms with E-state index < -0.39 is 29.3 Å². The normalized spacial score (nSPS) is 12.6. The monoisotopic (exact) mass is 297 g/mol. The molecule has 0 saturated heterocycles. The predicted molar refractivity (Wildman–Crippen MR) is 75.6 cm³/mol. The summed E-state index contributed by atoms with van der Waals surface area (Å²) in [5.74, 6) is -1.66. The molecule has 0 aliphatic carbocycles. The van der Waals surface area contributed by atoms with Crippen LogP contribution in [0.1, 0.15) is 33.6 Å². The average molecular weight is 297 g/mol. The van der Waals surface area contributed by atoms with Crippen molar-refractivity contribution in [3.8, 4) is 5.75 Å². The maximum atomic E-state index is 12.8. The molecule has 1 aromatic rings. The summed E-state index contributed by atoms with van der Waals surface area (Å²) < 4.78 is 18.2. The van der Waals surface area contributed by atoms with Crippen LogP contribution in [0.4, 0.5) is 4.39 Å². The maximum absolute atomic E-state index is 12.8. The molecule has 1 rings (SSSR count). The van der Waals surface area contributed by atoms with Gasteiger partial charge in [-0.1, -0.05) is 13.8 Å². The Morgan fingerprint density at radius 3 is 2.24 bits per heavy atom. The van der Waals surface area contributed by atoms with Gasteiger partial charge in [-0.05, 0) is 44.0 Å². The molecule has 0 spiro atoms. The highest BCUT2D eigenvalue weighted by Gasteiger charge is 2.37. The number of nitrogens with one attached hydrogen (secondary N) is 1. The Morgan fingerprint density at radius 2 is 1.81 bits per heavy atom. The minimum Gasteiger partial charge on any atom is -0.481 e. The number of hydrogen-bond donors (Lipinski definition) is 2. The van der Waals surface area contributed by atoms with E-state index in [0.29, 0.717) is 5.75 Å². The second kappa shape index (κ2) is 7.06. The number of carboxylic acids is 1. The largest absolute Gasteiger partial charge is 0.481 e. The summed E-state index contributed by atoms with van der Waals surface area (Å²) in [6.45, 7) is 4.91. The molecule has 0 aliphatic rings. The fourth-order valence-electron chi connectivity index (χ4n) is 1.89. The molecule has 0 bridgehead atoms. The van der Waals surface area contributed by atoms with E-state index in [9.17, 15) is 19.1 Å². The third-order valence-electron chi connectivity index (χ3n) is 3.47. The van der Waals surface area contributed by atoms with E-state index in [0.717, 1.165) is 0 Å². The number of amides is 1. The van der Waals surface area contributed by atoms with Crippen LogP contribution in [0.3, 0.4) is 0 Å². The van der Waals surface area contributed by atoms with E-state index in [1.165, 1.54) is 31.2 Å². The molecule has 2 N–H and O–H groups in total. The molecule has 0 fully saturated rings. The van der Waals surface area contributed by atoms with Crippen LogP contribution in [-0.4, -0.2) is 28.6 Å². The first-order valence-corrected chi connectivity index (χ1v) is 6.82. The second-order valence-corrected chi connectivity index (χ2v) is 4.80. The van der Waals surface area contributed by atoms with Crippen LogP contribution in [0.2, 0.25) is 0 Å². The zero-order valence-electron chi connectivity index (χ0n) is 12.4. The number of ether oxygens (including phenoxy) is 1. The van der Waals surface area contributed by atoms with Gasteiger partial charge in [0.2, 0.25) is 0 Å². The van der Waals surface area contributed by atoms with Crippen molar-refractivity contribution in [1.82, 2.24) is 5.32 Å². The minimum absolute atomic E-state index is 0.272. The lowest BCUT2D eigenvalue weighted by Gasteiger charge is -2.29. The van der Waals surface area contributed by atoms with Crippen LogP contribution < -0.4 is 10.1 Å². The van der Waals surface area contributed by atoms with E-state index in [1.54, 1.807) is 13.8 Å². The number of benzene rings is 1. The second-order valence-electron chi connectivity index (χ2n) is 4.80. The summed E-state index contributed by atoms with van der Waals surface area (Å²) >= 11 is 0. The van der Waals surface area contributed by atoms with Crippen LogP contribution in [-0.2, 0) is 9.59 Å². The molecule has 0 aromatic heterocycles. The summed E-state index contributed by atoms with van der Waals surface area (Å²) in [5, 5.41) is 11.8. The number of carboxylic acid groups (broad SMARTS) is 1. The summed E-state index contributed by atoms with van der Waals surface area (Å²) in [7, 11) is 0. The van der Waals surface area contributed by atoms with Crippen LogP contribution in [0.25, 0.3) is 0 Å². The van der Waals surface area contributed by atoms with Crippen LogP contribution in [0.5, 0.6) is 5.75 Å². The fraction of sp³-hybridized carbons (Fsp3) is 0.467. The number of rotatable bonds is 7. The van der Waals surface area contributed by atoms with E-state index in [1.807, 2.05) is 0 Å². The highest BCUT2D eigenvalue weighted by atomic mass is 19.1. The number of carbonyl (C=O) groups excluding carboxylic acids is 1. The van der Waals surface area contributed by atoms with Gasteiger partial charge in [0.15, 0.2) is 6.10 Å². The van der Waals surface area contributed by atoms with Gasteiger partial charge in [-0.25, -0.2) is 9.18 Å². The van der Waals surface area contributed by atoms with Gasteiger partial charge >= 0.3 is 5.97 Å². The van der Waals surface area contributed by atoms with Crippen molar-refractivity contribution in [3.63, 3.8) is 0 Å². The van der Waals surface area contributed by atoms with Crippen molar-refractivity contribution >= 4 is 11.9 Å². The van der Waals surface area contributed by atoms with Crippen molar-refractivity contribution in [2.24, 2.45) is 0 Å². The Hall–Kier alpha value is -2.11. The Bertz CT molecular complexity index is 497. The van der Waals surface area contributed by atoms with Gasteiger partial charge in [-0.15, -0.1) is 0 Å². The van der Waals surface area contributed by atoms with Crippen LogP contribution in [0, 0.1) is 5.82 Å². The van der Waals surface area contributed by atoms with E-state index in [4.69, 9.17) is 4.74 Å². The minimum atomic E-state index is -1.29.